The largest absolute Gasteiger partial charge is 0.201 e. The second-order valence-corrected chi connectivity index (χ2v) is 2.83. The number of rotatable bonds is 5. The Morgan fingerprint density at radius 3 is 2.58 bits per heavy atom. The van der Waals surface area contributed by atoms with Crippen molar-refractivity contribution < 1.29 is 9.81 Å². The Morgan fingerprint density at radius 1 is 1.58 bits per heavy atom. The van der Waals surface area contributed by atoms with Gasteiger partial charge in [0.25, 0.3) is 0 Å². The fourth-order valence-electron chi connectivity index (χ4n) is 0.736. The van der Waals surface area contributed by atoms with Crippen molar-refractivity contribution in [1.29, 1.82) is 0 Å². The molecular weight excluding hydrogens is 160 g/mol. The highest BCUT2D eigenvalue weighted by Gasteiger charge is 2.38. The summed E-state index contributed by atoms with van der Waals surface area (Å²) < 4.78 is 0. The molecule has 1 aliphatic rings. The molecule has 1 rings (SSSR count). The van der Waals surface area contributed by atoms with Crippen LogP contribution < -0.4 is 23.0 Å². The molecule has 0 bridgehead atoms. The van der Waals surface area contributed by atoms with Crippen molar-refractivity contribution in [2.45, 2.75) is 25.9 Å². The summed E-state index contributed by atoms with van der Waals surface area (Å²) in [6.07, 6.45) is 2.13. The van der Waals surface area contributed by atoms with E-state index < -0.39 is 4.97 Å². The molecule has 1 fully saturated rings. The van der Waals surface area contributed by atoms with Gasteiger partial charge in [0, 0.05) is 6.54 Å². The van der Waals surface area contributed by atoms with Crippen molar-refractivity contribution in [3.63, 3.8) is 0 Å². The normalized spacial score (nSPS) is 18.8. The highest BCUT2D eigenvalue weighted by atomic mass is 16.8. The minimum absolute atomic E-state index is 0.143. The molecule has 0 amide bonds. The third-order valence-electron chi connectivity index (χ3n) is 1.50. The van der Waals surface area contributed by atoms with Crippen LogP contribution in [0.3, 0.4) is 0 Å². The molecule has 0 unspecified atom stereocenters. The minimum Gasteiger partial charge on any atom is -0.201 e. The van der Waals surface area contributed by atoms with Crippen molar-refractivity contribution in [3.05, 3.63) is 0 Å². The van der Waals surface area contributed by atoms with Crippen molar-refractivity contribution in [2.24, 2.45) is 17.5 Å². The lowest BCUT2D eigenvalue weighted by Gasteiger charge is -2.29. The van der Waals surface area contributed by atoms with E-state index in [1.54, 1.807) is 0 Å². The van der Waals surface area contributed by atoms with Gasteiger partial charge >= 0.3 is 0 Å². The first-order valence-corrected chi connectivity index (χ1v) is 3.99. The lowest BCUT2D eigenvalue weighted by molar-refractivity contribution is -1.22. The summed E-state index contributed by atoms with van der Waals surface area (Å²) in [4.78, 5) is 4.43. The number of hydrogen-bond acceptors (Lipinski definition) is 6. The van der Waals surface area contributed by atoms with Crippen LogP contribution in [0.1, 0.15) is 19.8 Å². The summed E-state index contributed by atoms with van der Waals surface area (Å²) in [6.45, 7) is 2.52. The molecule has 1 aliphatic carbocycles. The zero-order chi connectivity index (χ0) is 9.19. The highest BCUT2D eigenvalue weighted by molar-refractivity contribution is 4.70. The molecule has 0 aromatic carbocycles. The van der Waals surface area contributed by atoms with Crippen LogP contribution in [0, 0.1) is 0 Å². The third-order valence-corrected chi connectivity index (χ3v) is 1.50. The summed E-state index contributed by atoms with van der Waals surface area (Å²) in [7, 11) is 0. The number of nitrogens with two attached hydrogens (primary N) is 3. The number of quaternary nitrogens is 1. The van der Waals surface area contributed by atoms with E-state index in [1.807, 2.05) is 6.92 Å². The molecule has 0 aliphatic heterocycles. The molecule has 0 saturated heterocycles. The summed E-state index contributed by atoms with van der Waals surface area (Å²) >= 11 is 0. The lowest BCUT2D eigenvalue weighted by atomic mass is 10.8. The van der Waals surface area contributed by atoms with Gasteiger partial charge in [0.15, 0.2) is 0 Å². The topological polar surface area (TPSA) is 103 Å². The Hall–Kier alpha value is -0.280. The molecule has 0 spiro atoms. The van der Waals surface area contributed by atoms with Gasteiger partial charge in [-0.05, 0) is 12.8 Å². The average Bonchev–Trinajstić information content (AvgIpc) is 2.71. The molecule has 0 aromatic rings. The van der Waals surface area contributed by atoms with Gasteiger partial charge in [0.05, 0.1) is 10.2 Å². The van der Waals surface area contributed by atoms with Crippen LogP contribution in [0.25, 0.3) is 0 Å². The summed E-state index contributed by atoms with van der Waals surface area (Å²) in [5.74, 6) is 16.5. The van der Waals surface area contributed by atoms with Crippen molar-refractivity contribution in [1.82, 2.24) is 10.7 Å². The molecule has 72 valence electrons. The fourth-order valence-corrected chi connectivity index (χ4v) is 0.736. The molecular formula is C5H17N6O+. The van der Waals surface area contributed by atoms with Crippen LogP contribution >= 0.6 is 0 Å². The Bertz CT molecular complexity index is 147. The van der Waals surface area contributed by atoms with E-state index >= 15 is 0 Å². The maximum absolute atomic E-state index is 5.52. The fraction of sp³-hybridized carbons (Fsp3) is 1.00. The molecule has 7 N–H and O–H groups in total. The van der Waals surface area contributed by atoms with Crippen LogP contribution in [0.2, 0.25) is 0 Å². The van der Waals surface area contributed by atoms with E-state index in [1.165, 1.54) is 0 Å². The first kappa shape index (κ1) is 9.81. The molecule has 0 atom stereocenters. The first-order valence-electron chi connectivity index (χ1n) is 3.99. The van der Waals surface area contributed by atoms with Gasteiger partial charge < -0.3 is 0 Å². The van der Waals surface area contributed by atoms with Gasteiger partial charge in [0.1, 0.15) is 6.10 Å². The zero-order valence-electron chi connectivity index (χ0n) is 7.23. The van der Waals surface area contributed by atoms with Gasteiger partial charge in [-0.1, -0.05) is 6.92 Å². The molecule has 7 nitrogen and oxygen atoms in total. The second kappa shape index (κ2) is 3.62. The monoisotopic (exact) mass is 177 g/mol. The molecule has 7 heteroatoms. The zero-order valence-corrected chi connectivity index (χ0v) is 7.23. The van der Waals surface area contributed by atoms with E-state index in [4.69, 9.17) is 22.4 Å². The minimum atomic E-state index is -0.765. The third kappa shape index (κ3) is 2.64. The molecule has 12 heavy (non-hydrogen) atoms. The van der Waals surface area contributed by atoms with Crippen molar-refractivity contribution in [2.75, 3.05) is 6.54 Å². The van der Waals surface area contributed by atoms with Gasteiger partial charge in [-0.3, -0.25) is 0 Å². The van der Waals surface area contributed by atoms with Crippen LogP contribution in [0.5, 0.6) is 0 Å². The van der Waals surface area contributed by atoms with Crippen LogP contribution in [0.15, 0.2) is 0 Å². The average molecular weight is 177 g/mol. The molecule has 1 saturated carbocycles. The van der Waals surface area contributed by atoms with Gasteiger partial charge in [0.2, 0.25) is 0 Å². The summed E-state index contributed by atoms with van der Waals surface area (Å²) in [5.41, 5.74) is 2.73. The molecule has 0 radical (unpaired) electrons. The standard InChI is InChI=1S/C5H17N6O/c1-2-9-10(6)11(7,8)12-5-3-4-5/h5,9H,2-4,6-8H2,1H3/q+1. The van der Waals surface area contributed by atoms with E-state index in [0.717, 1.165) is 18.1 Å². The van der Waals surface area contributed by atoms with Crippen LogP contribution in [-0.2, 0) is 4.84 Å². The molecule has 0 aromatic heterocycles. The number of nitrogens with zero attached hydrogens (tertiary/aromatic N) is 2. The second-order valence-electron chi connectivity index (χ2n) is 2.83. The number of hydrazine groups is 2. The van der Waals surface area contributed by atoms with Gasteiger partial charge in [-0.15, -0.1) is 16.5 Å². The van der Waals surface area contributed by atoms with Gasteiger partial charge in [-0.2, -0.15) is 5.43 Å². The quantitative estimate of drug-likeness (QED) is 0.226. The van der Waals surface area contributed by atoms with Crippen molar-refractivity contribution in [3.8, 4) is 0 Å². The number of hydrogen-bond donors (Lipinski definition) is 4. The molecule has 0 heterocycles. The summed E-state index contributed by atoms with van der Waals surface area (Å²) in [5, 5.41) is 1.03. The van der Waals surface area contributed by atoms with E-state index in [9.17, 15) is 0 Å². The lowest BCUT2D eigenvalue weighted by Crippen LogP contribution is -2.75. The first-order chi connectivity index (χ1) is 5.56. The van der Waals surface area contributed by atoms with E-state index in [-0.39, 0.29) is 6.10 Å². The van der Waals surface area contributed by atoms with E-state index in [2.05, 4.69) is 5.43 Å². The SMILES string of the molecule is CCNN(N)[N+](N)(N)OC1CC1. The predicted octanol–water partition coefficient (Wildman–Crippen LogP) is -1.74. The predicted molar refractivity (Wildman–Crippen MR) is 42.4 cm³/mol. The van der Waals surface area contributed by atoms with Gasteiger partial charge in [-0.25, -0.2) is 5.84 Å². The van der Waals surface area contributed by atoms with Crippen molar-refractivity contribution >= 4 is 0 Å². The van der Waals surface area contributed by atoms with E-state index in [0.29, 0.717) is 6.54 Å². The Labute approximate surface area is 71.4 Å². The van der Waals surface area contributed by atoms with Crippen LogP contribution in [-0.4, -0.2) is 22.8 Å². The maximum atomic E-state index is 5.52. The maximum Gasteiger partial charge on any atom is 0.125 e. The number of nitrogens with one attached hydrogen (secondary N) is 1. The highest BCUT2D eigenvalue weighted by Crippen LogP contribution is 2.24. The summed E-state index contributed by atoms with van der Waals surface area (Å²) in [6, 6.07) is 0. The van der Waals surface area contributed by atoms with Crippen LogP contribution in [0.4, 0.5) is 0 Å². The smallest absolute Gasteiger partial charge is 0.125 e. The Kier molecular flexibility index (Phi) is 2.96. The Balaban J connectivity index is 2.32. The Morgan fingerprint density at radius 2 is 2.17 bits per heavy atom.